The fourth-order valence-electron chi connectivity index (χ4n) is 3.98. The molecule has 1 atom stereocenters. The van der Waals surface area contributed by atoms with Gasteiger partial charge in [-0.05, 0) is 42.9 Å². The molecule has 0 aliphatic heterocycles. The van der Waals surface area contributed by atoms with Gasteiger partial charge < -0.3 is 20.7 Å². The van der Waals surface area contributed by atoms with Crippen LogP contribution in [-0.4, -0.2) is 37.3 Å². The van der Waals surface area contributed by atoms with E-state index < -0.39 is 18.0 Å². The van der Waals surface area contributed by atoms with Gasteiger partial charge in [0.15, 0.2) is 6.10 Å². The molecule has 1 aromatic carbocycles. The summed E-state index contributed by atoms with van der Waals surface area (Å²) in [5.74, 6) is -2.25. The minimum absolute atomic E-state index is 0. The van der Waals surface area contributed by atoms with Gasteiger partial charge in [-0.2, -0.15) is 5.10 Å². The van der Waals surface area contributed by atoms with Crippen molar-refractivity contribution in [2.75, 3.05) is 0 Å². The van der Waals surface area contributed by atoms with Crippen molar-refractivity contribution in [2.45, 2.75) is 53.4 Å². The molecule has 0 saturated carbocycles. The lowest BCUT2D eigenvalue weighted by Crippen LogP contribution is -2.20. The number of benzene rings is 1. The molecule has 2 heterocycles. The molecular weight excluding hydrogens is 507 g/mol. The van der Waals surface area contributed by atoms with Gasteiger partial charge in [0.25, 0.3) is 0 Å². The van der Waals surface area contributed by atoms with Crippen molar-refractivity contribution in [1.29, 1.82) is 0 Å². The monoisotopic (exact) mass is 538 g/mol. The molecule has 0 bridgehead atoms. The van der Waals surface area contributed by atoms with Crippen LogP contribution in [0.3, 0.4) is 0 Å². The van der Waals surface area contributed by atoms with Crippen LogP contribution in [0.5, 0.6) is 0 Å². The van der Waals surface area contributed by atoms with Crippen LogP contribution in [0.2, 0.25) is 0 Å². The number of pyridine rings is 1. The molecule has 0 aliphatic carbocycles. The third kappa shape index (κ3) is 6.82. The largest absolute Gasteiger partial charge is 0.479 e. The first-order valence-corrected chi connectivity index (χ1v) is 11.0. The molecule has 3 rings (SSSR count). The number of rotatable bonds is 10. The maximum absolute atomic E-state index is 12.0. The summed E-state index contributed by atoms with van der Waals surface area (Å²) in [4.78, 5) is 28.2. The van der Waals surface area contributed by atoms with E-state index in [1.165, 1.54) is 0 Å². The first-order chi connectivity index (χ1) is 16.1. The molecular formula is C25H32Cl2N4O5. The number of halogens is 2. The van der Waals surface area contributed by atoms with Crippen molar-refractivity contribution < 1.29 is 24.5 Å². The van der Waals surface area contributed by atoms with E-state index in [1.807, 2.05) is 38.1 Å². The van der Waals surface area contributed by atoms with Crippen LogP contribution in [0.25, 0.3) is 11.1 Å². The molecule has 0 radical (unpaired) electrons. The van der Waals surface area contributed by atoms with Gasteiger partial charge in [-0.15, -0.1) is 24.8 Å². The van der Waals surface area contributed by atoms with Gasteiger partial charge in [0.2, 0.25) is 0 Å². The predicted molar refractivity (Wildman–Crippen MR) is 141 cm³/mol. The van der Waals surface area contributed by atoms with Crippen LogP contribution in [0.15, 0.2) is 30.5 Å². The molecule has 5 N–H and O–H groups in total. The summed E-state index contributed by atoms with van der Waals surface area (Å²) >= 11 is 0. The zero-order valence-electron chi connectivity index (χ0n) is 20.6. The van der Waals surface area contributed by atoms with Crippen LogP contribution in [0.4, 0.5) is 0 Å². The smallest absolute Gasteiger partial charge is 0.339 e. The van der Waals surface area contributed by atoms with E-state index in [4.69, 9.17) is 15.5 Å². The van der Waals surface area contributed by atoms with Gasteiger partial charge in [0.05, 0.1) is 18.5 Å². The number of ether oxygens (including phenoxy) is 1. The van der Waals surface area contributed by atoms with Gasteiger partial charge >= 0.3 is 11.9 Å². The maximum atomic E-state index is 12.0. The first kappa shape index (κ1) is 31.1. The number of aromatic amines is 1. The van der Waals surface area contributed by atoms with Gasteiger partial charge in [0, 0.05) is 23.5 Å². The fraction of sp³-hybridized carbons (Fsp3) is 0.360. The molecule has 36 heavy (non-hydrogen) atoms. The molecule has 2 aromatic heterocycles. The number of nitrogens with two attached hydrogens (primary N) is 1. The second kappa shape index (κ2) is 13.4. The van der Waals surface area contributed by atoms with Crippen molar-refractivity contribution in [3.05, 3.63) is 69.8 Å². The number of hydrogen-bond acceptors (Lipinski definition) is 6. The summed E-state index contributed by atoms with van der Waals surface area (Å²) in [7, 11) is 0. The Kier molecular flexibility index (Phi) is 11.5. The Bertz CT molecular complexity index is 1200. The minimum Gasteiger partial charge on any atom is -0.479 e. The number of carboxylic acid groups (broad SMARTS) is 2. The number of hydrogen-bond donors (Lipinski definition) is 4. The molecule has 196 valence electrons. The van der Waals surface area contributed by atoms with Crippen LogP contribution in [-0.2, 0) is 29.1 Å². The number of aromatic nitrogens is 3. The Morgan fingerprint density at radius 3 is 2.25 bits per heavy atom. The second-order valence-corrected chi connectivity index (χ2v) is 8.68. The van der Waals surface area contributed by atoms with Crippen molar-refractivity contribution in [3.8, 4) is 11.1 Å². The summed E-state index contributed by atoms with van der Waals surface area (Å²) in [6.45, 7) is 8.24. The molecule has 0 amide bonds. The van der Waals surface area contributed by atoms with E-state index in [1.54, 1.807) is 0 Å². The van der Waals surface area contributed by atoms with E-state index in [0.717, 1.165) is 40.6 Å². The second-order valence-electron chi connectivity index (χ2n) is 8.68. The van der Waals surface area contributed by atoms with Gasteiger partial charge in [-0.3, -0.25) is 10.1 Å². The molecule has 0 saturated heterocycles. The lowest BCUT2D eigenvalue weighted by molar-refractivity contribution is -0.152. The van der Waals surface area contributed by atoms with Crippen LogP contribution >= 0.6 is 24.8 Å². The molecule has 0 spiro atoms. The highest BCUT2D eigenvalue weighted by atomic mass is 35.5. The number of carbonyl (C=O) groups is 2. The molecule has 1 unspecified atom stereocenters. The Balaban J connectivity index is 0.00000324. The standard InChI is InChI=1S/C25H30N4O5.2ClH/c1-13(2)9-20-17(10-26)21(16-7-5-14(3)6-8-16)19(15(4)28-20)12-34-23(25(32)33)22-18(24(30)31)11-27-29-22;;/h5-8,11,13,23H,9-10,12,26H2,1-4H3,(H,27,29)(H,30,31)(H,32,33);2*1H. The third-order valence-corrected chi connectivity index (χ3v) is 5.62. The van der Waals surface area contributed by atoms with Crippen LogP contribution < -0.4 is 5.73 Å². The number of nitrogens with zero attached hydrogens (tertiary/aromatic N) is 2. The highest BCUT2D eigenvalue weighted by Crippen LogP contribution is 2.34. The van der Waals surface area contributed by atoms with E-state index in [0.29, 0.717) is 17.2 Å². The average molecular weight is 539 g/mol. The topological polar surface area (TPSA) is 151 Å². The summed E-state index contributed by atoms with van der Waals surface area (Å²) < 4.78 is 5.80. The summed E-state index contributed by atoms with van der Waals surface area (Å²) in [5, 5.41) is 25.3. The number of aryl methyl sites for hydroxylation is 2. The normalized spacial score (nSPS) is 11.5. The van der Waals surface area contributed by atoms with Crippen molar-refractivity contribution in [3.63, 3.8) is 0 Å². The quantitative estimate of drug-likeness (QED) is 0.291. The number of nitrogens with one attached hydrogen (secondary N) is 1. The summed E-state index contributed by atoms with van der Waals surface area (Å²) in [6.07, 6.45) is 0.270. The Labute approximate surface area is 222 Å². The lowest BCUT2D eigenvalue weighted by Gasteiger charge is -2.22. The fourth-order valence-corrected chi connectivity index (χ4v) is 3.98. The third-order valence-electron chi connectivity index (χ3n) is 5.62. The summed E-state index contributed by atoms with van der Waals surface area (Å²) in [6, 6.07) is 8.00. The SMILES string of the molecule is Cc1ccc(-c2c(COC(C(=O)O)c3[nH]ncc3C(=O)O)c(C)nc(CC(C)C)c2CN)cc1.Cl.Cl. The number of carboxylic acids is 2. The van der Waals surface area contributed by atoms with Crippen molar-refractivity contribution in [1.82, 2.24) is 15.2 Å². The zero-order chi connectivity index (χ0) is 25.0. The Morgan fingerprint density at radius 2 is 1.72 bits per heavy atom. The maximum Gasteiger partial charge on any atom is 0.339 e. The Morgan fingerprint density at radius 1 is 1.08 bits per heavy atom. The zero-order valence-corrected chi connectivity index (χ0v) is 22.2. The minimum atomic E-state index is -1.55. The molecule has 0 fully saturated rings. The van der Waals surface area contributed by atoms with E-state index >= 15 is 0 Å². The highest BCUT2D eigenvalue weighted by molar-refractivity contribution is 5.90. The first-order valence-electron chi connectivity index (χ1n) is 11.0. The Hall–Kier alpha value is -2.98. The van der Waals surface area contributed by atoms with Gasteiger partial charge in [-0.25, -0.2) is 9.59 Å². The van der Waals surface area contributed by atoms with Crippen LogP contribution in [0.1, 0.15) is 64.1 Å². The van der Waals surface area contributed by atoms with E-state index in [9.17, 15) is 19.8 Å². The number of aromatic carboxylic acids is 1. The predicted octanol–water partition coefficient (Wildman–Crippen LogP) is 4.63. The molecule has 9 nitrogen and oxygen atoms in total. The van der Waals surface area contributed by atoms with Crippen molar-refractivity contribution in [2.24, 2.45) is 11.7 Å². The van der Waals surface area contributed by atoms with E-state index in [2.05, 4.69) is 24.0 Å². The highest BCUT2D eigenvalue weighted by Gasteiger charge is 2.29. The molecule has 11 heteroatoms. The number of H-pyrrole nitrogens is 1. The molecule has 0 aliphatic rings. The van der Waals surface area contributed by atoms with Crippen molar-refractivity contribution >= 4 is 36.8 Å². The van der Waals surface area contributed by atoms with Crippen LogP contribution in [0, 0.1) is 19.8 Å². The van der Waals surface area contributed by atoms with E-state index in [-0.39, 0.29) is 49.2 Å². The average Bonchev–Trinajstić information content (AvgIpc) is 3.24. The molecule has 3 aromatic rings. The van der Waals surface area contributed by atoms with Gasteiger partial charge in [0.1, 0.15) is 5.56 Å². The number of aliphatic carboxylic acids is 1. The summed E-state index contributed by atoms with van der Waals surface area (Å²) in [5.41, 5.74) is 11.9. The lowest BCUT2D eigenvalue weighted by atomic mass is 9.90. The van der Waals surface area contributed by atoms with Gasteiger partial charge in [-0.1, -0.05) is 43.7 Å².